The monoisotopic (exact) mass is 294 g/mol. The normalized spacial score (nSPS) is 9.62. The number of amides is 3. The maximum Gasteiger partial charge on any atom is 0.321 e. The molecule has 1 aromatic rings. The number of hydrogen-bond acceptors (Lipinski definition) is 4. The van der Waals surface area contributed by atoms with Gasteiger partial charge in [0.15, 0.2) is 12.4 Å². The quantitative estimate of drug-likeness (QED) is 0.614. The van der Waals surface area contributed by atoms with Gasteiger partial charge in [-0.2, -0.15) is 0 Å². The van der Waals surface area contributed by atoms with Gasteiger partial charge in [-0.15, -0.1) is 6.58 Å². The van der Waals surface area contributed by atoms with E-state index in [0.29, 0.717) is 0 Å². The van der Waals surface area contributed by atoms with Crippen molar-refractivity contribution in [3.8, 4) is 5.75 Å². The van der Waals surface area contributed by atoms with Crippen molar-refractivity contribution in [3.63, 3.8) is 0 Å². The standard InChI is InChI=1S/C14H15FN2O4/c1-3-6-16-14(20)17-13(19)8-21-12-5-4-10(15)7-11(12)9(2)18/h3-5,7H,1,6,8H2,2H3,(H2,16,17,19,20). The second-order valence-electron chi connectivity index (χ2n) is 4.03. The Morgan fingerprint density at radius 2 is 2.10 bits per heavy atom. The number of urea groups is 1. The molecule has 0 bridgehead atoms. The largest absolute Gasteiger partial charge is 0.483 e. The molecule has 0 aliphatic rings. The molecule has 0 atom stereocenters. The van der Waals surface area contributed by atoms with E-state index in [1.807, 2.05) is 5.32 Å². The first kappa shape index (κ1) is 16.4. The number of ketones is 1. The number of Topliss-reactive ketones (excluding diaryl/α,β-unsaturated/α-hetero) is 1. The second-order valence-corrected chi connectivity index (χ2v) is 4.03. The number of halogens is 1. The number of ether oxygens (including phenoxy) is 1. The number of nitrogens with one attached hydrogen (secondary N) is 2. The number of carbonyl (C=O) groups excluding carboxylic acids is 3. The van der Waals surface area contributed by atoms with Crippen molar-refractivity contribution in [2.45, 2.75) is 6.92 Å². The van der Waals surface area contributed by atoms with E-state index in [1.165, 1.54) is 19.1 Å². The maximum atomic E-state index is 13.0. The molecule has 2 N–H and O–H groups in total. The molecule has 1 rings (SSSR count). The van der Waals surface area contributed by atoms with Crippen molar-refractivity contribution in [1.82, 2.24) is 10.6 Å². The lowest BCUT2D eigenvalue weighted by atomic mass is 10.1. The molecule has 0 saturated heterocycles. The highest BCUT2D eigenvalue weighted by molar-refractivity contribution is 5.97. The van der Waals surface area contributed by atoms with E-state index in [4.69, 9.17) is 4.74 Å². The SMILES string of the molecule is C=CCNC(=O)NC(=O)COc1ccc(F)cc1C(C)=O. The van der Waals surface area contributed by atoms with E-state index < -0.39 is 30.1 Å². The first-order valence-corrected chi connectivity index (χ1v) is 6.06. The van der Waals surface area contributed by atoms with E-state index in [-0.39, 0.29) is 17.9 Å². The van der Waals surface area contributed by atoms with Crippen LogP contribution in [0.25, 0.3) is 0 Å². The number of carbonyl (C=O) groups is 3. The van der Waals surface area contributed by atoms with Gasteiger partial charge in [0.1, 0.15) is 11.6 Å². The van der Waals surface area contributed by atoms with Crippen LogP contribution in [0.1, 0.15) is 17.3 Å². The average molecular weight is 294 g/mol. The highest BCUT2D eigenvalue weighted by Gasteiger charge is 2.12. The summed E-state index contributed by atoms with van der Waals surface area (Å²) >= 11 is 0. The van der Waals surface area contributed by atoms with Crippen molar-refractivity contribution in [1.29, 1.82) is 0 Å². The van der Waals surface area contributed by atoms with Crippen LogP contribution in [0.15, 0.2) is 30.9 Å². The smallest absolute Gasteiger partial charge is 0.321 e. The Balaban J connectivity index is 2.59. The second kappa shape index (κ2) is 7.78. The topological polar surface area (TPSA) is 84.5 Å². The van der Waals surface area contributed by atoms with Crippen LogP contribution in [0.4, 0.5) is 9.18 Å². The molecule has 0 spiro atoms. The molecule has 0 radical (unpaired) electrons. The van der Waals surface area contributed by atoms with Crippen LogP contribution in [-0.4, -0.2) is 30.9 Å². The molecule has 0 unspecified atom stereocenters. The van der Waals surface area contributed by atoms with Crippen LogP contribution in [0.3, 0.4) is 0 Å². The lowest BCUT2D eigenvalue weighted by Gasteiger charge is -2.10. The third-order valence-electron chi connectivity index (χ3n) is 2.34. The molecule has 21 heavy (non-hydrogen) atoms. The Kier molecular flexibility index (Phi) is 6.06. The zero-order chi connectivity index (χ0) is 15.8. The Labute approximate surface area is 121 Å². The molecular formula is C14H15FN2O4. The fraction of sp³-hybridized carbons (Fsp3) is 0.214. The van der Waals surface area contributed by atoms with E-state index in [1.54, 1.807) is 0 Å². The van der Waals surface area contributed by atoms with Crippen molar-refractivity contribution in [2.75, 3.05) is 13.2 Å². The number of hydrogen-bond donors (Lipinski definition) is 2. The van der Waals surface area contributed by atoms with Gasteiger partial charge in [-0.05, 0) is 25.1 Å². The van der Waals surface area contributed by atoms with Crippen molar-refractivity contribution in [3.05, 3.63) is 42.2 Å². The summed E-state index contributed by atoms with van der Waals surface area (Å²) in [6, 6.07) is 2.69. The highest BCUT2D eigenvalue weighted by Crippen LogP contribution is 2.20. The van der Waals surface area contributed by atoms with Crippen LogP contribution < -0.4 is 15.4 Å². The first-order valence-electron chi connectivity index (χ1n) is 6.06. The summed E-state index contributed by atoms with van der Waals surface area (Å²) < 4.78 is 18.2. The van der Waals surface area contributed by atoms with E-state index >= 15 is 0 Å². The lowest BCUT2D eigenvalue weighted by molar-refractivity contribution is -0.122. The van der Waals surface area contributed by atoms with E-state index in [2.05, 4.69) is 11.9 Å². The molecule has 7 heteroatoms. The van der Waals surface area contributed by atoms with Gasteiger partial charge < -0.3 is 10.1 Å². The fourth-order valence-corrected chi connectivity index (χ4v) is 1.42. The van der Waals surface area contributed by atoms with Gasteiger partial charge in [0.05, 0.1) is 5.56 Å². The Morgan fingerprint density at radius 1 is 1.38 bits per heavy atom. The minimum absolute atomic E-state index is 0.0268. The van der Waals surface area contributed by atoms with Gasteiger partial charge in [-0.3, -0.25) is 14.9 Å². The summed E-state index contributed by atoms with van der Waals surface area (Å²) in [5.74, 6) is -1.60. The third-order valence-corrected chi connectivity index (χ3v) is 2.34. The third kappa shape index (κ3) is 5.43. The van der Waals surface area contributed by atoms with Crippen LogP contribution in [0.5, 0.6) is 5.75 Å². The van der Waals surface area contributed by atoms with Crippen molar-refractivity contribution < 1.29 is 23.5 Å². The van der Waals surface area contributed by atoms with Crippen LogP contribution >= 0.6 is 0 Å². The summed E-state index contributed by atoms with van der Waals surface area (Å²) in [7, 11) is 0. The molecule has 112 valence electrons. The van der Waals surface area contributed by atoms with Crippen molar-refractivity contribution >= 4 is 17.7 Å². The molecule has 0 heterocycles. The minimum Gasteiger partial charge on any atom is -0.483 e. The predicted molar refractivity (Wildman–Crippen MR) is 73.6 cm³/mol. The van der Waals surface area contributed by atoms with Gasteiger partial charge in [-0.1, -0.05) is 6.08 Å². The molecular weight excluding hydrogens is 279 g/mol. The Hall–Kier alpha value is -2.70. The average Bonchev–Trinajstić information content (AvgIpc) is 2.43. The van der Waals surface area contributed by atoms with Gasteiger partial charge >= 0.3 is 6.03 Å². The molecule has 6 nitrogen and oxygen atoms in total. The van der Waals surface area contributed by atoms with Gasteiger partial charge in [0.2, 0.25) is 0 Å². The van der Waals surface area contributed by atoms with Crippen LogP contribution in [-0.2, 0) is 4.79 Å². The van der Waals surface area contributed by atoms with Gasteiger partial charge in [-0.25, -0.2) is 9.18 Å². The van der Waals surface area contributed by atoms with Gasteiger partial charge in [0, 0.05) is 6.54 Å². The molecule has 0 saturated carbocycles. The number of imide groups is 1. The van der Waals surface area contributed by atoms with Gasteiger partial charge in [0.25, 0.3) is 5.91 Å². The fourth-order valence-electron chi connectivity index (χ4n) is 1.42. The molecule has 0 fully saturated rings. The Morgan fingerprint density at radius 3 is 2.71 bits per heavy atom. The Bertz CT molecular complexity index is 572. The lowest BCUT2D eigenvalue weighted by Crippen LogP contribution is -2.41. The molecule has 1 aromatic carbocycles. The summed E-state index contributed by atoms with van der Waals surface area (Å²) in [6.45, 7) is 4.40. The number of benzene rings is 1. The number of rotatable bonds is 6. The predicted octanol–water partition coefficient (Wildman–Crippen LogP) is 1.42. The summed E-state index contributed by atoms with van der Waals surface area (Å²) in [5.41, 5.74) is 0.0268. The summed E-state index contributed by atoms with van der Waals surface area (Å²) in [6.07, 6.45) is 1.46. The molecule has 0 aliphatic heterocycles. The van der Waals surface area contributed by atoms with Crippen LogP contribution in [0.2, 0.25) is 0 Å². The zero-order valence-electron chi connectivity index (χ0n) is 11.4. The van der Waals surface area contributed by atoms with Crippen molar-refractivity contribution in [2.24, 2.45) is 0 Å². The molecule has 0 aliphatic carbocycles. The van der Waals surface area contributed by atoms with E-state index in [9.17, 15) is 18.8 Å². The molecule has 0 aromatic heterocycles. The first-order chi connectivity index (χ1) is 9.93. The summed E-state index contributed by atoms with van der Waals surface area (Å²) in [4.78, 5) is 34.0. The van der Waals surface area contributed by atoms with Crippen LogP contribution in [0, 0.1) is 5.82 Å². The molecule has 3 amide bonds. The van der Waals surface area contributed by atoms with E-state index in [0.717, 1.165) is 12.1 Å². The summed E-state index contributed by atoms with van der Waals surface area (Å²) in [5, 5.41) is 4.37. The minimum atomic E-state index is -0.699. The highest BCUT2D eigenvalue weighted by atomic mass is 19.1. The maximum absolute atomic E-state index is 13.0. The zero-order valence-corrected chi connectivity index (χ0v) is 11.4.